The number of nitrogens with two attached hydrogens (primary N) is 2. The third kappa shape index (κ3) is 6.78. The Labute approximate surface area is 221 Å². The number of hydrogen-bond donors (Lipinski definition) is 3. The van der Waals surface area contributed by atoms with Gasteiger partial charge in [0.1, 0.15) is 0 Å². The molecule has 2 aromatic carbocycles. The van der Waals surface area contributed by atoms with Crippen LogP contribution in [0.4, 0.5) is 0 Å². The van der Waals surface area contributed by atoms with Gasteiger partial charge in [-0.05, 0) is 54.6 Å². The average molecular weight is 528 g/mol. The van der Waals surface area contributed by atoms with Crippen molar-refractivity contribution in [2.75, 3.05) is 32.7 Å². The van der Waals surface area contributed by atoms with E-state index in [-0.39, 0.29) is 5.91 Å². The van der Waals surface area contributed by atoms with Gasteiger partial charge in [-0.25, -0.2) is 8.42 Å². The van der Waals surface area contributed by atoms with E-state index in [0.29, 0.717) is 37.2 Å². The molecule has 0 aromatic heterocycles. The first-order valence-corrected chi connectivity index (χ1v) is 14.9. The van der Waals surface area contributed by atoms with E-state index in [9.17, 15) is 13.2 Å². The summed E-state index contributed by atoms with van der Waals surface area (Å²) in [6.45, 7) is 5.76. The molecular formula is C28H41N5O3S. The zero-order valence-electron chi connectivity index (χ0n) is 21.9. The maximum atomic E-state index is 13.1. The molecule has 8 nitrogen and oxygen atoms in total. The molecule has 2 aliphatic rings. The molecule has 1 aliphatic heterocycles. The number of carbonyl (C=O) groups excluding carboxylic acids is 1. The summed E-state index contributed by atoms with van der Waals surface area (Å²) in [5, 5.41) is 2.89. The van der Waals surface area contributed by atoms with Crippen molar-refractivity contribution in [1.29, 1.82) is 0 Å². The SMILES string of the molecule is CCCN1CCN(S(=O)(=O)c2ccc(-c3ccc(C[C@H](N)NC(=O)C4(N)CCCCC4)cc3)cc2)CC1. The lowest BCUT2D eigenvalue weighted by molar-refractivity contribution is -0.128. The van der Waals surface area contributed by atoms with E-state index in [1.54, 1.807) is 16.4 Å². The van der Waals surface area contributed by atoms with Crippen molar-refractivity contribution in [1.82, 2.24) is 14.5 Å². The second-order valence-electron chi connectivity index (χ2n) is 10.5. The molecule has 1 amide bonds. The molecule has 1 saturated carbocycles. The van der Waals surface area contributed by atoms with Crippen LogP contribution in [0.2, 0.25) is 0 Å². The highest BCUT2D eigenvalue weighted by Gasteiger charge is 2.35. The van der Waals surface area contributed by atoms with E-state index in [1.165, 1.54) is 0 Å². The first-order chi connectivity index (χ1) is 17.7. The predicted octanol–water partition coefficient (Wildman–Crippen LogP) is 2.68. The summed E-state index contributed by atoms with van der Waals surface area (Å²) < 4.78 is 27.8. The Kier molecular flexibility index (Phi) is 9.03. The van der Waals surface area contributed by atoms with Crippen molar-refractivity contribution < 1.29 is 13.2 Å². The molecule has 5 N–H and O–H groups in total. The molecule has 2 fully saturated rings. The van der Waals surface area contributed by atoms with Crippen LogP contribution >= 0.6 is 0 Å². The second kappa shape index (κ2) is 12.0. The number of amides is 1. The number of benzene rings is 2. The van der Waals surface area contributed by atoms with Crippen LogP contribution < -0.4 is 16.8 Å². The van der Waals surface area contributed by atoms with Gasteiger partial charge in [0.05, 0.1) is 16.6 Å². The molecule has 0 bridgehead atoms. The van der Waals surface area contributed by atoms with Gasteiger partial charge < -0.3 is 21.7 Å². The van der Waals surface area contributed by atoms with E-state index in [0.717, 1.165) is 62.0 Å². The van der Waals surface area contributed by atoms with Crippen LogP contribution in [0.1, 0.15) is 51.0 Å². The minimum Gasteiger partial charge on any atom is -0.339 e. The van der Waals surface area contributed by atoms with E-state index in [2.05, 4.69) is 17.1 Å². The van der Waals surface area contributed by atoms with Crippen molar-refractivity contribution in [3.63, 3.8) is 0 Å². The zero-order chi connectivity index (χ0) is 26.5. The molecule has 37 heavy (non-hydrogen) atoms. The molecule has 0 radical (unpaired) electrons. The van der Waals surface area contributed by atoms with Gasteiger partial charge in [-0.3, -0.25) is 4.79 Å². The molecule has 9 heteroatoms. The highest BCUT2D eigenvalue weighted by molar-refractivity contribution is 7.89. The largest absolute Gasteiger partial charge is 0.339 e. The molecule has 0 spiro atoms. The Morgan fingerprint density at radius 2 is 1.51 bits per heavy atom. The van der Waals surface area contributed by atoms with E-state index in [4.69, 9.17) is 11.5 Å². The smallest absolute Gasteiger partial charge is 0.243 e. The first kappa shape index (κ1) is 27.7. The van der Waals surface area contributed by atoms with Crippen LogP contribution in [0.5, 0.6) is 0 Å². The molecule has 1 atom stereocenters. The van der Waals surface area contributed by atoms with Crippen LogP contribution in [0.15, 0.2) is 53.4 Å². The van der Waals surface area contributed by atoms with Crippen LogP contribution in [-0.2, 0) is 21.2 Å². The molecule has 1 heterocycles. The summed E-state index contributed by atoms with van der Waals surface area (Å²) in [5.41, 5.74) is 14.7. The van der Waals surface area contributed by atoms with Crippen molar-refractivity contribution in [3.8, 4) is 11.1 Å². The fourth-order valence-corrected chi connectivity index (χ4v) is 6.76. The molecule has 1 aliphatic carbocycles. The number of nitrogens with zero attached hydrogens (tertiary/aromatic N) is 2. The Hall–Kier alpha value is -2.30. The fraction of sp³-hybridized carbons (Fsp3) is 0.536. The number of piperazine rings is 1. The third-order valence-electron chi connectivity index (χ3n) is 7.62. The number of nitrogens with one attached hydrogen (secondary N) is 1. The Morgan fingerprint density at radius 3 is 2.08 bits per heavy atom. The second-order valence-corrected chi connectivity index (χ2v) is 12.4. The maximum Gasteiger partial charge on any atom is 0.243 e. The minimum atomic E-state index is -3.49. The Bertz CT molecular complexity index is 1140. The Balaban J connectivity index is 1.33. The lowest BCUT2D eigenvalue weighted by atomic mass is 9.82. The van der Waals surface area contributed by atoms with Gasteiger partial charge in [-0.1, -0.05) is 62.6 Å². The van der Waals surface area contributed by atoms with Crippen molar-refractivity contribution in [2.45, 2.75) is 68.5 Å². The van der Waals surface area contributed by atoms with E-state index >= 15 is 0 Å². The maximum absolute atomic E-state index is 13.1. The summed E-state index contributed by atoms with van der Waals surface area (Å²) in [6.07, 6.45) is 5.56. The van der Waals surface area contributed by atoms with Gasteiger partial charge in [0, 0.05) is 32.6 Å². The zero-order valence-corrected chi connectivity index (χ0v) is 22.7. The summed E-state index contributed by atoms with van der Waals surface area (Å²) in [6, 6.07) is 15.0. The van der Waals surface area contributed by atoms with Crippen molar-refractivity contribution >= 4 is 15.9 Å². The quantitative estimate of drug-likeness (QED) is 0.431. The van der Waals surface area contributed by atoms with Crippen LogP contribution in [-0.4, -0.2) is 68.0 Å². The lowest BCUT2D eigenvalue weighted by Crippen LogP contribution is -2.59. The Morgan fingerprint density at radius 1 is 0.946 bits per heavy atom. The fourth-order valence-electron chi connectivity index (χ4n) is 5.34. The predicted molar refractivity (Wildman–Crippen MR) is 147 cm³/mol. The summed E-state index contributed by atoms with van der Waals surface area (Å²) >= 11 is 0. The molecule has 202 valence electrons. The highest BCUT2D eigenvalue weighted by atomic mass is 32.2. The monoisotopic (exact) mass is 527 g/mol. The summed E-state index contributed by atoms with van der Waals surface area (Å²) in [5.74, 6) is -0.158. The topological polar surface area (TPSA) is 122 Å². The lowest BCUT2D eigenvalue weighted by Gasteiger charge is -2.33. The van der Waals surface area contributed by atoms with Gasteiger partial charge in [-0.2, -0.15) is 4.31 Å². The molecule has 1 saturated heterocycles. The third-order valence-corrected chi connectivity index (χ3v) is 9.53. The first-order valence-electron chi connectivity index (χ1n) is 13.5. The minimum absolute atomic E-state index is 0.158. The van der Waals surface area contributed by atoms with Crippen LogP contribution in [0.25, 0.3) is 11.1 Å². The number of sulfonamides is 1. The molecular weight excluding hydrogens is 486 g/mol. The number of rotatable bonds is 9. The van der Waals surface area contributed by atoms with Crippen molar-refractivity contribution in [3.05, 3.63) is 54.1 Å². The number of hydrogen-bond acceptors (Lipinski definition) is 6. The number of carbonyl (C=O) groups is 1. The standard InChI is InChI=1S/C28H41N5O3S/c1-2-16-32-17-19-33(20-18-32)37(35,36)25-12-10-24(11-13-25)23-8-6-22(7-9-23)21-26(29)31-27(34)28(30)14-4-3-5-15-28/h6-13,26H,2-5,14-21,29-30H2,1H3,(H,31,34)/t26-/m1/s1. The normalized spacial score (nSPS) is 19.9. The van der Waals surface area contributed by atoms with Crippen LogP contribution in [0, 0.1) is 0 Å². The van der Waals surface area contributed by atoms with Gasteiger partial charge in [0.15, 0.2) is 0 Å². The molecule has 4 rings (SSSR count). The molecule has 2 aromatic rings. The van der Waals surface area contributed by atoms with Gasteiger partial charge in [0.25, 0.3) is 0 Å². The molecule has 0 unspecified atom stereocenters. The average Bonchev–Trinajstić information content (AvgIpc) is 2.90. The highest BCUT2D eigenvalue weighted by Crippen LogP contribution is 2.27. The van der Waals surface area contributed by atoms with E-state index in [1.807, 2.05) is 36.4 Å². The summed E-state index contributed by atoms with van der Waals surface area (Å²) in [7, 11) is -3.49. The van der Waals surface area contributed by atoms with Gasteiger partial charge in [-0.15, -0.1) is 0 Å². The van der Waals surface area contributed by atoms with E-state index < -0.39 is 21.7 Å². The van der Waals surface area contributed by atoms with Crippen LogP contribution in [0.3, 0.4) is 0 Å². The van der Waals surface area contributed by atoms with Gasteiger partial charge >= 0.3 is 0 Å². The summed E-state index contributed by atoms with van der Waals surface area (Å²) in [4.78, 5) is 15.3. The van der Waals surface area contributed by atoms with Crippen molar-refractivity contribution in [2.24, 2.45) is 11.5 Å². The van der Waals surface area contributed by atoms with Gasteiger partial charge in [0.2, 0.25) is 15.9 Å².